The number of fused-ring (bicyclic) bond motifs is 1. The molecule has 0 unspecified atom stereocenters. The van der Waals surface area contributed by atoms with Crippen molar-refractivity contribution in [1.29, 1.82) is 0 Å². The molecule has 0 spiro atoms. The molecule has 1 atom stereocenters. The summed E-state index contributed by atoms with van der Waals surface area (Å²) in [5.41, 5.74) is 0.601. The van der Waals surface area contributed by atoms with Crippen LogP contribution in [0.1, 0.15) is 6.92 Å². The average molecular weight is 280 g/mol. The summed E-state index contributed by atoms with van der Waals surface area (Å²) in [5, 5.41) is 3.84. The van der Waals surface area contributed by atoms with Crippen LogP contribution in [0, 0.1) is 0 Å². The van der Waals surface area contributed by atoms with Crippen LogP contribution >= 0.6 is 0 Å². The average Bonchev–Trinajstić information content (AvgIpc) is 2.83. The molecule has 7 heteroatoms. The van der Waals surface area contributed by atoms with Gasteiger partial charge in [-0.15, -0.1) is 0 Å². The summed E-state index contributed by atoms with van der Waals surface area (Å²) in [4.78, 5) is 7.35. The van der Waals surface area contributed by atoms with Crippen LogP contribution in [-0.2, 0) is 10.0 Å². The van der Waals surface area contributed by atoms with Gasteiger partial charge in [0, 0.05) is 43.5 Å². The van der Waals surface area contributed by atoms with Gasteiger partial charge in [0.15, 0.2) is 0 Å². The van der Waals surface area contributed by atoms with Crippen molar-refractivity contribution >= 4 is 21.1 Å². The number of aromatic nitrogens is 2. The normalized spacial score (nSPS) is 21.8. The second-order valence-corrected chi connectivity index (χ2v) is 6.58. The Bertz CT molecular complexity index is 695. The largest absolute Gasteiger partial charge is 0.345 e. The number of nitrogens with one attached hydrogen (secondary N) is 2. The molecule has 3 rings (SSSR count). The fourth-order valence-electron chi connectivity index (χ4n) is 2.45. The lowest BCUT2D eigenvalue weighted by atomic mass is 10.3. The first-order chi connectivity index (χ1) is 9.10. The number of H-pyrrole nitrogens is 1. The van der Waals surface area contributed by atoms with E-state index in [1.807, 2.05) is 6.92 Å². The molecule has 1 aliphatic heterocycles. The number of nitrogens with zero attached hydrogens (tertiary/aromatic N) is 2. The maximum absolute atomic E-state index is 12.7. The molecule has 3 heterocycles. The van der Waals surface area contributed by atoms with E-state index in [0.717, 1.165) is 0 Å². The van der Waals surface area contributed by atoms with Gasteiger partial charge in [0.2, 0.25) is 10.0 Å². The fraction of sp³-hybridized carbons (Fsp3) is 0.417. The number of piperazine rings is 1. The molecule has 0 bridgehead atoms. The van der Waals surface area contributed by atoms with Crippen LogP contribution in [0.3, 0.4) is 0 Å². The monoisotopic (exact) mass is 280 g/mol. The van der Waals surface area contributed by atoms with Crippen molar-refractivity contribution in [3.8, 4) is 0 Å². The molecule has 0 aromatic carbocycles. The number of rotatable bonds is 2. The smallest absolute Gasteiger partial charge is 0.245 e. The first-order valence-corrected chi connectivity index (χ1v) is 7.69. The minimum atomic E-state index is -3.47. The van der Waals surface area contributed by atoms with Crippen molar-refractivity contribution in [3.63, 3.8) is 0 Å². The summed E-state index contributed by atoms with van der Waals surface area (Å²) in [7, 11) is -3.47. The van der Waals surface area contributed by atoms with Gasteiger partial charge in [-0.05, 0) is 19.1 Å². The predicted molar refractivity (Wildman–Crippen MR) is 72.3 cm³/mol. The van der Waals surface area contributed by atoms with E-state index in [9.17, 15) is 8.42 Å². The van der Waals surface area contributed by atoms with Crippen LogP contribution in [-0.4, -0.2) is 48.4 Å². The van der Waals surface area contributed by atoms with Crippen molar-refractivity contribution in [1.82, 2.24) is 19.6 Å². The SMILES string of the molecule is C[C@H]1CNCCN1S(=O)(=O)c1c[nH]c2ncccc12. The summed E-state index contributed by atoms with van der Waals surface area (Å²) in [6.45, 7) is 3.78. The van der Waals surface area contributed by atoms with Gasteiger partial charge >= 0.3 is 0 Å². The van der Waals surface area contributed by atoms with Crippen molar-refractivity contribution in [2.75, 3.05) is 19.6 Å². The molecule has 2 aromatic rings. The number of pyridine rings is 1. The zero-order chi connectivity index (χ0) is 13.5. The number of hydrogen-bond acceptors (Lipinski definition) is 4. The Balaban J connectivity index is 2.09. The Labute approximate surface area is 111 Å². The number of hydrogen-bond donors (Lipinski definition) is 2. The first-order valence-electron chi connectivity index (χ1n) is 6.25. The summed E-state index contributed by atoms with van der Waals surface area (Å²) in [6.07, 6.45) is 3.17. The molecule has 2 aromatic heterocycles. The first kappa shape index (κ1) is 12.6. The van der Waals surface area contributed by atoms with Crippen molar-refractivity contribution in [3.05, 3.63) is 24.5 Å². The Morgan fingerprint density at radius 1 is 1.47 bits per heavy atom. The summed E-state index contributed by atoms with van der Waals surface area (Å²) in [6, 6.07) is 3.48. The molecule has 1 saturated heterocycles. The lowest BCUT2D eigenvalue weighted by Crippen LogP contribution is -2.52. The van der Waals surface area contributed by atoms with Crippen LogP contribution < -0.4 is 5.32 Å². The molecule has 0 amide bonds. The van der Waals surface area contributed by atoms with E-state index in [-0.39, 0.29) is 6.04 Å². The zero-order valence-corrected chi connectivity index (χ0v) is 11.4. The van der Waals surface area contributed by atoms with Gasteiger partial charge in [0.05, 0.1) is 0 Å². The highest BCUT2D eigenvalue weighted by atomic mass is 32.2. The van der Waals surface area contributed by atoms with Gasteiger partial charge in [-0.2, -0.15) is 4.31 Å². The maximum Gasteiger partial charge on any atom is 0.245 e. The third-order valence-corrected chi connectivity index (χ3v) is 5.49. The van der Waals surface area contributed by atoms with E-state index >= 15 is 0 Å². The molecule has 1 fully saturated rings. The second-order valence-electron chi connectivity index (χ2n) is 4.72. The maximum atomic E-state index is 12.7. The molecular weight excluding hydrogens is 264 g/mol. The third-order valence-electron chi connectivity index (χ3n) is 3.44. The van der Waals surface area contributed by atoms with Crippen LogP contribution in [0.2, 0.25) is 0 Å². The van der Waals surface area contributed by atoms with Crippen LogP contribution in [0.25, 0.3) is 11.0 Å². The standard InChI is InChI=1S/C12H16N4O2S/c1-9-7-13-5-6-16(9)19(17,18)11-8-15-12-10(11)3-2-4-14-12/h2-4,8-9,13H,5-7H2,1H3,(H,14,15)/t9-/m0/s1. The lowest BCUT2D eigenvalue weighted by molar-refractivity contribution is 0.284. The molecule has 6 nitrogen and oxygen atoms in total. The number of sulfonamides is 1. The minimum absolute atomic E-state index is 0.0413. The molecule has 102 valence electrons. The van der Waals surface area contributed by atoms with E-state index in [1.165, 1.54) is 6.20 Å². The second kappa shape index (κ2) is 4.59. The van der Waals surface area contributed by atoms with E-state index in [4.69, 9.17) is 0 Å². The van der Waals surface area contributed by atoms with E-state index in [2.05, 4.69) is 15.3 Å². The lowest BCUT2D eigenvalue weighted by Gasteiger charge is -2.32. The Kier molecular flexibility index (Phi) is 3.04. The highest BCUT2D eigenvalue weighted by Crippen LogP contribution is 2.25. The highest BCUT2D eigenvalue weighted by molar-refractivity contribution is 7.89. The van der Waals surface area contributed by atoms with Crippen LogP contribution in [0.15, 0.2) is 29.4 Å². The van der Waals surface area contributed by atoms with Gasteiger partial charge in [-0.1, -0.05) is 0 Å². The summed E-state index contributed by atoms with van der Waals surface area (Å²) < 4.78 is 27.0. The van der Waals surface area contributed by atoms with Crippen LogP contribution in [0.5, 0.6) is 0 Å². The van der Waals surface area contributed by atoms with Gasteiger partial charge < -0.3 is 10.3 Å². The number of aromatic amines is 1. The molecule has 1 aliphatic rings. The van der Waals surface area contributed by atoms with Gasteiger partial charge in [0.1, 0.15) is 10.5 Å². The molecule has 0 aliphatic carbocycles. The predicted octanol–water partition coefficient (Wildman–Crippen LogP) is 0.545. The quantitative estimate of drug-likeness (QED) is 0.842. The van der Waals surface area contributed by atoms with Crippen molar-refractivity contribution < 1.29 is 8.42 Å². The third kappa shape index (κ3) is 2.03. The fourth-order valence-corrected chi connectivity index (χ4v) is 4.23. The summed E-state index contributed by atoms with van der Waals surface area (Å²) in [5.74, 6) is 0. The van der Waals surface area contributed by atoms with E-state index < -0.39 is 10.0 Å². The highest BCUT2D eigenvalue weighted by Gasteiger charge is 2.32. The topological polar surface area (TPSA) is 78.1 Å². The zero-order valence-electron chi connectivity index (χ0n) is 10.6. The molecule has 0 radical (unpaired) electrons. The Morgan fingerprint density at radius 2 is 2.32 bits per heavy atom. The van der Waals surface area contributed by atoms with Crippen LogP contribution in [0.4, 0.5) is 0 Å². The van der Waals surface area contributed by atoms with E-state index in [1.54, 1.807) is 22.6 Å². The van der Waals surface area contributed by atoms with E-state index in [0.29, 0.717) is 35.6 Å². The van der Waals surface area contributed by atoms with Crippen molar-refractivity contribution in [2.24, 2.45) is 0 Å². The Morgan fingerprint density at radius 3 is 3.11 bits per heavy atom. The van der Waals surface area contributed by atoms with Gasteiger partial charge in [0.25, 0.3) is 0 Å². The molecular formula is C12H16N4O2S. The van der Waals surface area contributed by atoms with Gasteiger partial charge in [-0.25, -0.2) is 13.4 Å². The summed E-state index contributed by atoms with van der Waals surface area (Å²) >= 11 is 0. The Hall–Kier alpha value is -1.44. The molecule has 19 heavy (non-hydrogen) atoms. The molecule has 2 N–H and O–H groups in total. The minimum Gasteiger partial charge on any atom is -0.345 e. The van der Waals surface area contributed by atoms with Crippen molar-refractivity contribution in [2.45, 2.75) is 17.9 Å². The molecule has 0 saturated carbocycles. The van der Waals surface area contributed by atoms with Gasteiger partial charge in [-0.3, -0.25) is 0 Å².